The van der Waals surface area contributed by atoms with Gasteiger partial charge in [0.25, 0.3) is 11.8 Å². The maximum Gasteiger partial charge on any atom is 0.416 e. The van der Waals surface area contributed by atoms with Crippen molar-refractivity contribution < 1.29 is 22.8 Å². The lowest BCUT2D eigenvalue weighted by molar-refractivity contribution is -0.137. The molecule has 0 saturated carbocycles. The summed E-state index contributed by atoms with van der Waals surface area (Å²) in [4.78, 5) is 26.0. The van der Waals surface area contributed by atoms with Crippen molar-refractivity contribution in [3.05, 3.63) is 69.9 Å². The Morgan fingerprint density at radius 2 is 1.67 bits per heavy atom. The summed E-state index contributed by atoms with van der Waals surface area (Å²) < 4.78 is 38.6. The standard InChI is InChI=1S/C19H14ClF3N2O2/c1-10-6-7-14(8-11(10)2)25-17(26)15(20)16(18(25)27)24-13-5-3-4-12(9-13)19(21,22)23/h3-9,24H,1-2H3. The van der Waals surface area contributed by atoms with Gasteiger partial charge in [-0.3, -0.25) is 9.59 Å². The number of imide groups is 1. The number of carbonyl (C=O) groups is 2. The normalized spacial score (nSPS) is 15.0. The summed E-state index contributed by atoms with van der Waals surface area (Å²) in [6.07, 6.45) is -4.53. The van der Waals surface area contributed by atoms with Gasteiger partial charge in [0, 0.05) is 5.69 Å². The molecule has 1 N–H and O–H groups in total. The summed E-state index contributed by atoms with van der Waals surface area (Å²) in [5.41, 5.74) is 1.06. The summed E-state index contributed by atoms with van der Waals surface area (Å²) in [5.74, 6) is -1.47. The Bertz CT molecular complexity index is 983. The molecule has 0 saturated heterocycles. The molecule has 0 bridgehead atoms. The molecule has 0 aliphatic carbocycles. The Balaban J connectivity index is 1.92. The van der Waals surface area contributed by atoms with Gasteiger partial charge in [0.1, 0.15) is 10.7 Å². The maximum atomic E-state index is 12.9. The number of alkyl halides is 3. The van der Waals surface area contributed by atoms with E-state index in [1.807, 2.05) is 13.8 Å². The van der Waals surface area contributed by atoms with E-state index in [-0.39, 0.29) is 16.4 Å². The van der Waals surface area contributed by atoms with Crippen LogP contribution in [-0.4, -0.2) is 11.8 Å². The monoisotopic (exact) mass is 394 g/mol. The van der Waals surface area contributed by atoms with E-state index >= 15 is 0 Å². The number of carbonyl (C=O) groups excluding carboxylic acids is 2. The molecule has 2 aromatic carbocycles. The molecule has 0 unspecified atom stereocenters. The van der Waals surface area contributed by atoms with Crippen molar-refractivity contribution >= 4 is 34.8 Å². The SMILES string of the molecule is Cc1ccc(N2C(=O)C(Cl)=C(Nc3cccc(C(F)(F)F)c3)C2=O)cc1C. The highest BCUT2D eigenvalue weighted by Gasteiger charge is 2.39. The Hall–Kier alpha value is -2.80. The number of rotatable bonds is 3. The molecule has 1 aliphatic heterocycles. The van der Waals surface area contributed by atoms with Gasteiger partial charge in [0.05, 0.1) is 11.3 Å². The van der Waals surface area contributed by atoms with Crippen molar-refractivity contribution in [2.75, 3.05) is 10.2 Å². The van der Waals surface area contributed by atoms with Gasteiger partial charge >= 0.3 is 6.18 Å². The fraction of sp³-hybridized carbons (Fsp3) is 0.158. The van der Waals surface area contributed by atoms with Crippen LogP contribution in [0.4, 0.5) is 24.5 Å². The van der Waals surface area contributed by atoms with Gasteiger partial charge in [0.2, 0.25) is 0 Å². The first-order valence-electron chi connectivity index (χ1n) is 7.89. The van der Waals surface area contributed by atoms with Crippen molar-refractivity contribution in [1.29, 1.82) is 0 Å². The molecular formula is C19H14ClF3N2O2. The third kappa shape index (κ3) is 3.55. The summed E-state index contributed by atoms with van der Waals surface area (Å²) in [7, 11) is 0. The first kappa shape index (κ1) is 19.0. The minimum atomic E-state index is -4.53. The van der Waals surface area contributed by atoms with Crippen LogP contribution < -0.4 is 10.2 Å². The molecule has 0 fully saturated rings. The highest BCUT2D eigenvalue weighted by Crippen LogP contribution is 2.33. The van der Waals surface area contributed by atoms with Crippen LogP contribution in [-0.2, 0) is 15.8 Å². The number of nitrogens with one attached hydrogen (secondary N) is 1. The molecule has 3 rings (SSSR count). The predicted molar refractivity (Wildman–Crippen MR) is 96.4 cm³/mol. The summed E-state index contributed by atoms with van der Waals surface area (Å²) >= 11 is 6.00. The first-order valence-corrected chi connectivity index (χ1v) is 8.27. The highest BCUT2D eigenvalue weighted by atomic mass is 35.5. The molecule has 1 aliphatic rings. The van der Waals surface area contributed by atoms with Gasteiger partial charge < -0.3 is 5.32 Å². The lowest BCUT2D eigenvalue weighted by atomic mass is 10.1. The minimum absolute atomic E-state index is 0.000983. The molecule has 4 nitrogen and oxygen atoms in total. The fourth-order valence-corrected chi connectivity index (χ4v) is 2.84. The van der Waals surface area contributed by atoms with Crippen LogP contribution in [0.2, 0.25) is 0 Å². The number of nitrogens with zero attached hydrogens (tertiary/aromatic N) is 1. The number of halogens is 4. The molecule has 1 heterocycles. The number of anilines is 2. The zero-order valence-corrected chi connectivity index (χ0v) is 15.1. The molecule has 8 heteroatoms. The quantitative estimate of drug-likeness (QED) is 0.764. The second-order valence-corrected chi connectivity index (χ2v) is 6.48. The lowest BCUT2D eigenvalue weighted by Crippen LogP contribution is -2.32. The summed E-state index contributed by atoms with van der Waals surface area (Å²) in [6, 6.07) is 9.33. The van der Waals surface area contributed by atoms with E-state index in [9.17, 15) is 22.8 Å². The smallest absolute Gasteiger partial charge is 0.350 e. The topological polar surface area (TPSA) is 49.4 Å². The molecule has 2 aromatic rings. The number of amides is 2. The van der Waals surface area contributed by atoms with E-state index in [0.29, 0.717) is 5.69 Å². The van der Waals surface area contributed by atoms with E-state index in [0.717, 1.165) is 28.2 Å². The lowest BCUT2D eigenvalue weighted by Gasteiger charge is -2.16. The fourth-order valence-electron chi connectivity index (χ4n) is 2.63. The van der Waals surface area contributed by atoms with Crippen LogP contribution in [0.25, 0.3) is 0 Å². The van der Waals surface area contributed by atoms with E-state index in [2.05, 4.69) is 5.32 Å². The molecule has 27 heavy (non-hydrogen) atoms. The average molecular weight is 395 g/mol. The van der Waals surface area contributed by atoms with Gasteiger partial charge in [0.15, 0.2) is 0 Å². The Labute approximate surface area is 158 Å². The van der Waals surface area contributed by atoms with Crippen molar-refractivity contribution in [2.45, 2.75) is 20.0 Å². The molecule has 0 atom stereocenters. The molecule has 0 aromatic heterocycles. The minimum Gasteiger partial charge on any atom is -0.350 e. The van der Waals surface area contributed by atoms with Gasteiger partial charge in [-0.05, 0) is 55.3 Å². The Morgan fingerprint density at radius 3 is 2.30 bits per heavy atom. The second kappa shape index (κ2) is 6.74. The van der Waals surface area contributed by atoms with Crippen LogP contribution >= 0.6 is 11.6 Å². The van der Waals surface area contributed by atoms with Crippen LogP contribution in [0.5, 0.6) is 0 Å². The van der Waals surface area contributed by atoms with Crippen LogP contribution in [0.15, 0.2) is 53.2 Å². The number of benzene rings is 2. The zero-order chi connectivity index (χ0) is 19.9. The summed E-state index contributed by atoms with van der Waals surface area (Å²) in [6.45, 7) is 3.72. The highest BCUT2D eigenvalue weighted by molar-refractivity contribution is 6.53. The van der Waals surface area contributed by atoms with Gasteiger partial charge in [-0.2, -0.15) is 13.2 Å². The zero-order valence-electron chi connectivity index (χ0n) is 14.3. The van der Waals surface area contributed by atoms with Crippen molar-refractivity contribution in [2.24, 2.45) is 0 Å². The summed E-state index contributed by atoms with van der Waals surface area (Å²) in [5, 5.41) is 2.17. The molecule has 140 valence electrons. The number of aryl methyl sites for hydroxylation is 2. The molecule has 0 spiro atoms. The van der Waals surface area contributed by atoms with Crippen LogP contribution in [0.1, 0.15) is 16.7 Å². The van der Waals surface area contributed by atoms with Crippen molar-refractivity contribution in [3.63, 3.8) is 0 Å². The molecule has 2 amide bonds. The van der Waals surface area contributed by atoms with Gasteiger partial charge in [-0.1, -0.05) is 23.7 Å². The van der Waals surface area contributed by atoms with Crippen molar-refractivity contribution in [3.8, 4) is 0 Å². The average Bonchev–Trinajstić information content (AvgIpc) is 2.81. The number of hydrogen-bond acceptors (Lipinski definition) is 3. The third-order valence-corrected chi connectivity index (χ3v) is 4.59. The van der Waals surface area contributed by atoms with E-state index in [4.69, 9.17) is 11.6 Å². The Kier molecular flexibility index (Phi) is 4.73. The largest absolute Gasteiger partial charge is 0.416 e. The van der Waals surface area contributed by atoms with E-state index in [1.54, 1.807) is 18.2 Å². The van der Waals surface area contributed by atoms with E-state index in [1.165, 1.54) is 12.1 Å². The van der Waals surface area contributed by atoms with Crippen LogP contribution in [0.3, 0.4) is 0 Å². The Morgan fingerprint density at radius 1 is 0.963 bits per heavy atom. The van der Waals surface area contributed by atoms with E-state index < -0.39 is 23.6 Å². The van der Waals surface area contributed by atoms with Crippen LogP contribution in [0, 0.1) is 13.8 Å². The molecular weight excluding hydrogens is 381 g/mol. The second-order valence-electron chi connectivity index (χ2n) is 6.11. The van der Waals surface area contributed by atoms with Gasteiger partial charge in [-0.15, -0.1) is 0 Å². The third-order valence-electron chi connectivity index (χ3n) is 4.24. The molecule has 0 radical (unpaired) electrons. The first-order chi connectivity index (χ1) is 12.6. The van der Waals surface area contributed by atoms with Crippen molar-refractivity contribution in [1.82, 2.24) is 0 Å². The van der Waals surface area contributed by atoms with Gasteiger partial charge in [-0.25, -0.2) is 4.90 Å². The predicted octanol–water partition coefficient (Wildman–Crippen LogP) is 4.76. The number of hydrogen-bond donors (Lipinski definition) is 1. The maximum absolute atomic E-state index is 12.9.